The number of rotatable bonds is 8. The Morgan fingerprint density at radius 1 is 1.32 bits per heavy atom. The van der Waals surface area contributed by atoms with Crippen molar-refractivity contribution in [1.82, 2.24) is 14.5 Å². The summed E-state index contributed by atoms with van der Waals surface area (Å²) in [6.07, 6.45) is 3.52. The molecule has 3 rings (SSSR count). The minimum atomic E-state index is -1.20. The molecule has 162 valence electrons. The predicted molar refractivity (Wildman–Crippen MR) is 125 cm³/mol. The normalized spacial score (nSPS) is 11.6. The molecule has 2 aromatic heterocycles. The summed E-state index contributed by atoms with van der Waals surface area (Å²) < 4.78 is 23.1. The van der Waals surface area contributed by atoms with E-state index in [1.165, 1.54) is 6.07 Å². The van der Waals surface area contributed by atoms with Crippen LogP contribution in [0.2, 0.25) is 25.7 Å². The standard InChI is InChI=1S/C24H29FN4OSi/c1-7-22-27-9-8-19(28-22)13-20-21(25)12-18(14-26)24-23(20)16(2)17(3)29(24)15-30-10-11-31(4,5)6/h7-9,12H,1,10-11,13,15H2,2-6H3. The summed E-state index contributed by atoms with van der Waals surface area (Å²) in [6, 6.07) is 6.33. The maximum atomic E-state index is 15.1. The van der Waals surface area contributed by atoms with Gasteiger partial charge in [0.25, 0.3) is 0 Å². The van der Waals surface area contributed by atoms with Crippen LogP contribution in [0.3, 0.4) is 0 Å². The fourth-order valence-corrected chi connectivity index (χ4v) is 4.42. The molecule has 0 saturated heterocycles. The fourth-order valence-electron chi connectivity index (χ4n) is 3.66. The molecule has 1 aromatic carbocycles. The van der Waals surface area contributed by atoms with Crippen molar-refractivity contribution in [2.24, 2.45) is 0 Å². The van der Waals surface area contributed by atoms with Crippen LogP contribution in [0.5, 0.6) is 0 Å². The van der Waals surface area contributed by atoms with Crippen molar-refractivity contribution in [2.45, 2.75) is 52.7 Å². The topological polar surface area (TPSA) is 63.7 Å². The van der Waals surface area contributed by atoms with Crippen LogP contribution in [0.25, 0.3) is 17.0 Å². The minimum absolute atomic E-state index is 0.304. The third-order valence-corrected chi connectivity index (χ3v) is 7.26. The summed E-state index contributed by atoms with van der Waals surface area (Å²) in [7, 11) is -1.20. The van der Waals surface area contributed by atoms with Crippen LogP contribution >= 0.6 is 0 Å². The first-order valence-electron chi connectivity index (χ1n) is 10.4. The van der Waals surface area contributed by atoms with Crippen molar-refractivity contribution in [3.63, 3.8) is 0 Å². The van der Waals surface area contributed by atoms with Gasteiger partial charge in [0.15, 0.2) is 5.82 Å². The highest BCUT2D eigenvalue weighted by atomic mass is 28.3. The third kappa shape index (κ3) is 4.92. The molecule has 31 heavy (non-hydrogen) atoms. The average molecular weight is 437 g/mol. The van der Waals surface area contributed by atoms with E-state index in [1.54, 1.807) is 18.3 Å². The molecule has 0 aliphatic rings. The number of halogens is 1. The highest BCUT2D eigenvalue weighted by Crippen LogP contribution is 2.34. The Hall–Kier alpha value is -2.82. The lowest BCUT2D eigenvalue weighted by molar-refractivity contribution is 0.0889. The summed E-state index contributed by atoms with van der Waals surface area (Å²) in [4.78, 5) is 8.55. The average Bonchev–Trinajstić information content (AvgIpc) is 2.97. The molecule has 0 N–H and O–H groups in total. The van der Waals surface area contributed by atoms with Gasteiger partial charge in [0.2, 0.25) is 0 Å². The minimum Gasteiger partial charge on any atom is -0.361 e. The van der Waals surface area contributed by atoms with Crippen molar-refractivity contribution >= 4 is 25.1 Å². The van der Waals surface area contributed by atoms with Gasteiger partial charge in [0.1, 0.15) is 18.6 Å². The SMILES string of the molecule is C=Cc1nccc(Cc2c(F)cc(C#N)c3c2c(C)c(C)n3COCC[Si](C)(C)C)n1. The molecule has 0 atom stereocenters. The van der Waals surface area contributed by atoms with E-state index in [1.807, 2.05) is 18.4 Å². The molecule has 3 aromatic rings. The first-order chi connectivity index (χ1) is 14.7. The number of aromatic nitrogens is 3. The molecule has 0 fully saturated rings. The molecular weight excluding hydrogens is 407 g/mol. The summed E-state index contributed by atoms with van der Waals surface area (Å²) in [6.45, 7) is 15.6. The van der Waals surface area contributed by atoms with Gasteiger partial charge in [0, 0.05) is 49.6 Å². The Morgan fingerprint density at radius 2 is 2.06 bits per heavy atom. The van der Waals surface area contributed by atoms with Crippen LogP contribution in [0.1, 0.15) is 33.9 Å². The Morgan fingerprint density at radius 3 is 2.71 bits per heavy atom. The van der Waals surface area contributed by atoms with Crippen LogP contribution < -0.4 is 0 Å². The van der Waals surface area contributed by atoms with Crippen molar-refractivity contribution in [1.29, 1.82) is 5.26 Å². The van der Waals surface area contributed by atoms with Gasteiger partial charge in [-0.2, -0.15) is 5.26 Å². The number of ether oxygens (including phenoxy) is 1. The summed E-state index contributed by atoms with van der Waals surface area (Å²) in [5.74, 6) is 0.104. The highest BCUT2D eigenvalue weighted by molar-refractivity contribution is 6.76. The Balaban J connectivity index is 2.07. The number of fused-ring (bicyclic) bond motifs is 1. The van der Waals surface area contributed by atoms with E-state index in [0.29, 0.717) is 42.4 Å². The smallest absolute Gasteiger partial charge is 0.151 e. The third-order valence-electron chi connectivity index (χ3n) is 5.56. The molecule has 0 radical (unpaired) electrons. The van der Waals surface area contributed by atoms with Crippen molar-refractivity contribution < 1.29 is 9.13 Å². The van der Waals surface area contributed by atoms with Gasteiger partial charge >= 0.3 is 0 Å². The Bertz CT molecular complexity index is 1170. The van der Waals surface area contributed by atoms with Crippen molar-refractivity contribution in [2.75, 3.05) is 6.61 Å². The first-order valence-corrected chi connectivity index (χ1v) is 14.1. The molecule has 0 unspecified atom stereocenters. The van der Waals surface area contributed by atoms with Crippen molar-refractivity contribution in [3.05, 3.63) is 64.6 Å². The lowest BCUT2D eigenvalue weighted by Crippen LogP contribution is -2.22. The maximum Gasteiger partial charge on any atom is 0.151 e. The number of hydrogen-bond donors (Lipinski definition) is 0. The van der Waals surface area contributed by atoms with Crippen LogP contribution in [-0.4, -0.2) is 29.2 Å². The molecule has 0 saturated carbocycles. The Kier molecular flexibility index (Phi) is 6.73. The highest BCUT2D eigenvalue weighted by Gasteiger charge is 2.22. The monoisotopic (exact) mass is 436 g/mol. The van der Waals surface area contributed by atoms with Crippen LogP contribution in [-0.2, 0) is 17.9 Å². The Labute approximate surface area is 184 Å². The van der Waals surface area contributed by atoms with Crippen LogP contribution in [0.15, 0.2) is 24.9 Å². The zero-order valence-electron chi connectivity index (χ0n) is 18.9. The maximum absolute atomic E-state index is 15.1. The summed E-state index contributed by atoms with van der Waals surface area (Å²) in [5, 5.41) is 10.5. The van der Waals surface area contributed by atoms with Crippen LogP contribution in [0.4, 0.5) is 4.39 Å². The van der Waals surface area contributed by atoms with E-state index in [2.05, 4.69) is 42.3 Å². The fraction of sp³-hybridized carbons (Fsp3) is 0.375. The van der Waals surface area contributed by atoms with Gasteiger partial charge in [-0.1, -0.05) is 26.2 Å². The van der Waals surface area contributed by atoms with Gasteiger partial charge in [-0.05, 0) is 43.7 Å². The van der Waals surface area contributed by atoms with Gasteiger partial charge in [-0.25, -0.2) is 14.4 Å². The summed E-state index contributed by atoms with van der Waals surface area (Å²) >= 11 is 0. The second-order valence-corrected chi connectivity index (χ2v) is 14.6. The largest absolute Gasteiger partial charge is 0.361 e. The molecule has 2 heterocycles. The summed E-state index contributed by atoms with van der Waals surface area (Å²) in [5.41, 5.74) is 4.19. The second-order valence-electron chi connectivity index (χ2n) is 8.99. The van der Waals surface area contributed by atoms with E-state index in [9.17, 15) is 5.26 Å². The van der Waals surface area contributed by atoms with Gasteiger partial charge in [-0.3, -0.25) is 0 Å². The molecule has 5 nitrogen and oxygen atoms in total. The molecular formula is C24H29FN4OSi. The lowest BCUT2D eigenvalue weighted by atomic mass is 9.98. The number of nitriles is 1. The molecule has 0 aliphatic heterocycles. The van der Waals surface area contributed by atoms with Crippen LogP contribution in [0, 0.1) is 31.0 Å². The van der Waals surface area contributed by atoms with E-state index in [4.69, 9.17) is 4.74 Å². The lowest BCUT2D eigenvalue weighted by Gasteiger charge is -2.16. The molecule has 7 heteroatoms. The van der Waals surface area contributed by atoms with Gasteiger partial charge in [-0.15, -0.1) is 0 Å². The molecule has 0 spiro atoms. The van der Waals surface area contributed by atoms with E-state index in [-0.39, 0.29) is 0 Å². The second kappa shape index (κ2) is 9.12. The van der Waals surface area contributed by atoms with E-state index < -0.39 is 13.9 Å². The zero-order chi connectivity index (χ0) is 22.8. The quantitative estimate of drug-likeness (QED) is 0.340. The zero-order valence-corrected chi connectivity index (χ0v) is 19.9. The first kappa shape index (κ1) is 22.9. The van der Waals surface area contributed by atoms with Crippen molar-refractivity contribution in [3.8, 4) is 6.07 Å². The van der Waals surface area contributed by atoms with E-state index >= 15 is 4.39 Å². The van der Waals surface area contributed by atoms with Gasteiger partial charge in [0.05, 0.1) is 11.1 Å². The number of benzene rings is 1. The number of nitrogens with zero attached hydrogens (tertiary/aromatic N) is 4. The number of aryl methyl sites for hydroxylation is 1. The number of hydrogen-bond acceptors (Lipinski definition) is 4. The molecule has 0 bridgehead atoms. The van der Waals surface area contributed by atoms with Gasteiger partial charge < -0.3 is 9.30 Å². The van der Waals surface area contributed by atoms with E-state index in [0.717, 1.165) is 28.2 Å². The predicted octanol–water partition coefficient (Wildman–Crippen LogP) is 5.61. The molecule has 0 amide bonds. The molecule has 0 aliphatic carbocycles.